The molecule has 0 atom stereocenters. The van der Waals surface area contributed by atoms with Crippen molar-refractivity contribution in [3.8, 4) is 0 Å². The van der Waals surface area contributed by atoms with Gasteiger partial charge in [-0.15, -0.1) is 0 Å². The Morgan fingerprint density at radius 2 is 1.29 bits per heavy atom. The zero-order valence-corrected chi connectivity index (χ0v) is 11.9. The first-order valence-electron chi connectivity index (χ1n) is 7.46. The van der Waals surface area contributed by atoms with Crippen LogP contribution in [0.4, 0.5) is 0 Å². The Morgan fingerprint density at radius 1 is 0.765 bits per heavy atom. The molecule has 0 bridgehead atoms. The lowest BCUT2D eigenvalue weighted by atomic mass is 10.1. The van der Waals surface area contributed by atoms with E-state index in [9.17, 15) is 0 Å². The maximum Gasteiger partial charge on any atom is 0.0466 e. The van der Waals surface area contributed by atoms with E-state index in [0.717, 1.165) is 25.6 Å². The van der Waals surface area contributed by atoms with Crippen LogP contribution < -0.4 is 0 Å². The van der Waals surface area contributed by atoms with Crippen molar-refractivity contribution in [2.45, 2.75) is 71.6 Å². The van der Waals surface area contributed by atoms with Gasteiger partial charge in [-0.3, -0.25) is 0 Å². The summed E-state index contributed by atoms with van der Waals surface area (Å²) in [5, 5.41) is 8.62. The minimum absolute atomic E-state index is 0.347. The van der Waals surface area contributed by atoms with Gasteiger partial charge in [0.1, 0.15) is 0 Å². The summed E-state index contributed by atoms with van der Waals surface area (Å²) in [7, 11) is 0. The molecule has 17 heavy (non-hydrogen) atoms. The summed E-state index contributed by atoms with van der Waals surface area (Å²) in [5.74, 6) is 0.828. The predicted molar refractivity (Wildman–Crippen MR) is 74.3 cm³/mol. The van der Waals surface area contributed by atoms with Crippen molar-refractivity contribution in [3.05, 3.63) is 0 Å². The Hall–Kier alpha value is -0.0800. The molecule has 2 heteroatoms. The van der Waals surface area contributed by atoms with E-state index in [1.54, 1.807) is 0 Å². The molecule has 0 aromatic rings. The molecule has 104 valence electrons. The van der Waals surface area contributed by atoms with Crippen LogP contribution in [0.2, 0.25) is 0 Å². The fourth-order valence-electron chi connectivity index (χ4n) is 1.88. The highest BCUT2D eigenvalue weighted by atomic mass is 16.5. The second-order valence-corrected chi connectivity index (χ2v) is 5.35. The number of aliphatic hydroxyl groups excluding tert-OH is 1. The summed E-state index contributed by atoms with van der Waals surface area (Å²) in [6.45, 7) is 6.77. The van der Waals surface area contributed by atoms with Crippen molar-refractivity contribution in [2.75, 3.05) is 19.8 Å². The number of hydrogen-bond acceptors (Lipinski definition) is 2. The molecule has 0 unspecified atom stereocenters. The summed E-state index contributed by atoms with van der Waals surface area (Å²) in [6, 6.07) is 0. The Labute approximate surface area is 108 Å². The van der Waals surface area contributed by atoms with E-state index in [-0.39, 0.29) is 0 Å². The van der Waals surface area contributed by atoms with Crippen LogP contribution in [0.25, 0.3) is 0 Å². The Balaban J connectivity index is 2.89. The SMILES string of the molecule is CC(C)CCCCOCCCCCCCCO. The van der Waals surface area contributed by atoms with E-state index in [0.29, 0.717) is 6.61 Å². The van der Waals surface area contributed by atoms with E-state index in [1.165, 1.54) is 51.4 Å². The lowest BCUT2D eigenvalue weighted by Crippen LogP contribution is -1.98. The number of rotatable bonds is 13. The fraction of sp³-hybridized carbons (Fsp3) is 1.00. The molecule has 0 saturated carbocycles. The smallest absolute Gasteiger partial charge is 0.0466 e. The standard InChI is InChI=1S/C15H32O2/c1-15(2)11-7-10-14-17-13-9-6-4-3-5-8-12-16/h15-16H,3-14H2,1-2H3. The highest BCUT2D eigenvalue weighted by Crippen LogP contribution is 2.07. The number of unbranched alkanes of at least 4 members (excludes halogenated alkanes) is 6. The zero-order valence-electron chi connectivity index (χ0n) is 11.9. The Morgan fingerprint density at radius 3 is 1.88 bits per heavy atom. The molecule has 0 aromatic heterocycles. The molecule has 0 rings (SSSR count). The quantitative estimate of drug-likeness (QED) is 0.493. The molecular formula is C15H32O2. The van der Waals surface area contributed by atoms with E-state index in [4.69, 9.17) is 9.84 Å². The van der Waals surface area contributed by atoms with Crippen LogP contribution in [0.5, 0.6) is 0 Å². The maximum atomic E-state index is 8.62. The van der Waals surface area contributed by atoms with Gasteiger partial charge in [0.15, 0.2) is 0 Å². The molecule has 0 aromatic carbocycles. The van der Waals surface area contributed by atoms with E-state index in [1.807, 2.05) is 0 Å². The summed E-state index contributed by atoms with van der Waals surface area (Å²) < 4.78 is 5.60. The van der Waals surface area contributed by atoms with Crippen LogP contribution in [0.3, 0.4) is 0 Å². The highest BCUT2D eigenvalue weighted by molar-refractivity contribution is 4.47. The predicted octanol–water partition coefficient (Wildman–Crippen LogP) is 4.16. The number of hydrogen-bond donors (Lipinski definition) is 1. The number of aliphatic hydroxyl groups is 1. The third-order valence-electron chi connectivity index (χ3n) is 3.02. The normalized spacial score (nSPS) is 11.3. The third kappa shape index (κ3) is 15.9. The van der Waals surface area contributed by atoms with Gasteiger partial charge in [0.05, 0.1) is 0 Å². The minimum Gasteiger partial charge on any atom is -0.396 e. The van der Waals surface area contributed by atoms with E-state index in [2.05, 4.69) is 13.8 Å². The van der Waals surface area contributed by atoms with Gasteiger partial charge in [-0.25, -0.2) is 0 Å². The van der Waals surface area contributed by atoms with Crippen LogP contribution in [0.15, 0.2) is 0 Å². The van der Waals surface area contributed by atoms with Gasteiger partial charge in [-0.2, -0.15) is 0 Å². The van der Waals surface area contributed by atoms with Gasteiger partial charge in [0, 0.05) is 19.8 Å². The molecule has 1 N–H and O–H groups in total. The van der Waals surface area contributed by atoms with Crippen molar-refractivity contribution in [1.82, 2.24) is 0 Å². The van der Waals surface area contributed by atoms with Crippen LogP contribution in [-0.2, 0) is 4.74 Å². The van der Waals surface area contributed by atoms with Crippen molar-refractivity contribution in [2.24, 2.45) is 5.92 Å². The molecule has 0 fully saturated rings. The van der Waals surface area contributed by atoms with Gasteiger partial charge in [-0.05, 0) is 25.2 Å². The second-order valence-electron chi connectivity index (χ2n) is 5.35. The number of ether oxygens (including phenoxy) is 1. The summed E-state index contributed by atoms with van der Waals surface area (Å²) >= 11 is 0. The lowest BCUT2D eigenvalue weighted by molar-refractivity contribution is 0.125. The van der Waals surface area contributed by atoms with Crippen molar-refractivity contribution in [1.29, 1.82) is 0 Å². The van der Waals surface area contributed by atoms with Gasteiger partial charge in [0.25, 0.3) is 0 Å². The molecular weight excluding hydrogens is 212 g/mol. The average Bonchev–Trinajstić information content (AvgIpc) is 2.30. The third-order valence-corrected chi connectivity index (χ3v) is 3.02. The first kappa shape index (κ1) is 16.9. The Kier molecular flexibility index (Phi) is 13.9. The molecule has 0 aliphatic rings. The largest absolute Gasteiger partial charge is 0.396 e. The molecule has 2 nitrogen and oxygen atoms in total. The first-order chi connectivity index (χ1) is 8.27. The van der Waals surface area contributed by atoms with Crippen LogP contribution in [0.1, 0.15) is 71.6 Å². The fourth-order valence-corrected chi connectivity index (χ4v) is 1.88. The minimum atomic E-state index is 0.347. The first-order valence-corrected chi connectivity index (χ1v) is 7.46. The Bertz CT molecular complexity index is 135. The van der Waals surface area contributed by atoms with Crippen LogP contribution >= 0.6 is 0 Å². The van der Waals surface area contributed by atoms with Crippen LogP contribution in [-0.4, -0.2) is 24.9 Å². The van der Waals surface area contributed by atoms with Gasteiger partial charge < -0.3 is 9.84 Å². The molecule has 0 aliphatic heterocycles. The van der Waals surface area contributed by atoms with Crippen molar-refractivity contribution >= 4 is 0 Å². The molecule has 0 radical (unpaired) electrons. The maximum absolute atomic E-state index is 8.62. The summed E-state index contributed by atoms with van der Waals surface area (Å²) in [6.07, 6.45) is 11.0. The highest BCUT2D eigenvalue weighted by Gasteiger charge is 1.95. The van der Waals surface area contributed by atoms with E-state index >= 15 is 0 Å². The summed E-state index contributed by atoms with van der Waals surface area (Å²) in [5.41, 5.74) is 0. The van der Waals surface area contributed by atoms with Gasteiger partial charge in [-0.1, -0.05) is 52.4 Å². The molecule has 0 heterocycles. The zero-order chi connectivity index (χ0) is 12.8. The van der Waals surface area contributed by atoms with Crippen LogP contribution in [0, 0.1) is 5.92 Å². The molecule has 0 aliphatic carbocycles. The average molecular weight is 244 g/mol. The lowest BCUT2D eigenvalue weighted by Gasteiger charge is -2.06. The van der Waals surface area contributed by atoms with Crippen molar-refractivity contribution < 1.29 is 9.84 Å². The van der Waals surface area contributed by atoms with Crippen molar-refractivity contribution in [3.63, 3.8) is 0 Å². The second kappa shape index (κ2) is 14.0. The van der Waals surface area contributed by atoms with Gasteiger partial charge >= 0.3 is 0 Å². The monoisotopic (exact) mass is 244 g/mol. The molecule has 0 amide bonds. The summed E-state index contributed by atoms with van der Waals surface area (Å²) in [4.78, 5) is 0. The topological polar surface area (TPSA) is 29.5 Å². The molecule has 0 spiro atoms. The van der Waals surface area contributed by atoms with E-state index < -0.39 is 0 Å². The van der Waals surface area contributed by atoms with Gasteiger partial charge in [0.2, 0.25) is 0 Å². The molecule has 0 saturated heterocycles.